The molecule has 0 radical (unpaired) electrons. The van der Waals surface area contributed by atoms with Gasteiger partial charge in [-0.25, -0.2) is 4.99 Å². The summed E-state index contributed by atoms with van der Waals surface area (Å²) in [5.74, 6) is 0. The molecule has 0 saturated carbocycles. The molecule has 7 heteroatoms. The zero-order valence-corrected chi connectivity index (χ0v) is 10.6. The van der Waals surface area contributed by atoms with Gasteiger partial charge < -0.3 is 4.90 Å². The van der Waals surface area contributed by atoms with Crippen molar-refractivity contribution in [2.75, 3.05) is 14.1 Å². The van der Waals surface area contributed by atoms with Crippen LogP contribution in [0.3, 0.4) is 0 Å². The molecule has 0 saturated heterocycles. The number of para-hydroxylation sites is 1. The van der Waals surface area contributed by atoms with Crippen LogP contribution in [-0.2, 0) is 0 Å². The van der Waals surface area contributed by atoms with E-state index >= 15 is 0 Å². The first kappa shape index (κ1) is 15.8. The molecule has 1 rings (SSSR count). The van der Waals surface area contributed by atoms with E-state index in [1.807, 2.05) is 43.5 Å². The normalized spacial score (nSPS) is 11.0. The molecule has 1 aromatic carbocycles. The summed E-state index contributed by atoms with van der Waals surface area (Å²) in [6.45, 7) is 2.06. The molecule has 0 spiro atoms. The lowest BCUT2D eigenvalue weighted by atomic mass is 10.2. The maximum absolute atomic E-state index is 8.60. The fraction of sp³-hybridized carbons (Fsp3) is 0.300. The molecule has 0 bridgehead atoms. The van der Waals surface area contributed by atoms with Crippen molar-refractivity contribution in [1.29, 1.82) is 0 Å². The Morgan fingerprint density at radius 1 is 1.24 bits per heavy atom. The molecular formula is C10H15ClN2O4. The Morgan fingerprint density at radius 3 is 2.12 bits per heavy atom. The van der Waals surface area contributed by atoms with E-state index in [1.54, 1.807) is 0 Å². The molecule has 17 heavy (non-hydrogen) atoms. The van der Waals surface area contributed by atoms with E-state index in [4.69, 9.17) is 18.6 Å². The number of halogens is 1. The number of nitrogens with zero attached hydrogens (tertiary/aromatic N) is 2. The summed E-state index contributed by atoms with van der Waals surface area (Å²) < 4.78 is 32.7. The highest BCUT2D eigenvalue weighted by atomic mass is 35.7. The van der Waals surface area contributed by atoms with Gasteiger partial charge in [-0.3, -0.25) is 0 Å². The second-order valence-corrected chi connectivity index (χ2v) is 4.18. The predicted molar refractivity (Wildman–Crippen MR) is 55.2 cm³/mol. The lowest BCUT2D eigenvalue weighted by Gasteiger charge is -2.03. The number of hydrogen-bond acceptors (Lipinski definition) is 5. The Morgan fingerprint density at radius 2 is 1.71 bits per heavy atom. The van der Waals surface area contributed by atoms with Gasteiger partial charge in [0.15, 0.2) is 0 Å². The zero-order valence-electron chi connectivity index (χ0n) is 9.83. The number of rotatable bonds is 2. The van der Waals surface area contributed by atoms with Gasteiger partial charge in [0.1, 0.15) is 0 Å². The molecule has 0 fully saturated rings. The summed E-state index contributed by atoms with van der Waals surface area (Å²) in [6, 6.07) is 8.08. The molecule has 96 valence electrons. The number of aryl methyl sites for hydroxylation is 1. The van der Waals surface area contributed by atoms with Gasteiger partial charge in [0.25, 0.3) is 0 Å². The van der Waals surface area contributed by atoms with Gasteiger partial charge in [-0.15, -0.1) is 0 Å². The van der Waals surface area contributed by atoms with Crippen molar-refractivity contribution in [3.05, 3.63) is 29.8 Å². The molecule has 0 aliphatic rings. The highest BCUT2D eigenvalue weighted by molar-refractivity contribution is 5.62. The van der Waals surface area contributed by atoms with Crippen LogP contribution < -0.4 is 14.0 Å². The van der Waals surface area contributed by atoms with Crippen molar-refractivity contribution in [2.24, 2.45) is 4.99 Å². The van der Waals surface area contributed by atoms with Crippen molar-refractivity contribution < 1.29 is 28.9 Å². The molecule has 0 unspecified atom stereocenters. The van der Waals surface area contributed by atoms with Crippen molar-refractivity contribution in [3.8, 4) is 0 Å². The van der Waals surface area contributed by atoms with Crippen molar-refractivity contribution in [1.82, 2.24) is 4.90 Å². The summed E-state index contributed by atoms with van der Waals surface area (Å²) in [5.41, 5.74) is 2.24. The van der Waals surface area contributed by atoms with E-state index in [1.165, 1.54) is 5.56 Å². The van der Waals surface area contributed by atoms with Crippen LogP contribution in [0.25, 0.3) is 0 Å². The average Bonchev–Trinajstić information content (AvgIpc) is 2.13. The van der Waals surface area contributed by atoms with Gasteiger partial charge in [0, 0.05) is 14.1 Å². The Labute approximate surface area is 102 Å². The summed E-state index contributed by atoms with van der Waals surface area (Å²) in [7, 11) is -0.774. The molecule has 6 nitrogen and oxygen atoms in total. The molecular weight excluding hydrogens is 248 g/mol. The van der Waals surface area contributed by atoms with Crippen LogP contribution in [0.5, 0.6) is 0 Å². The maximum atomic E-state index is 8.60. The average molecular weight is 263 g/mol. The Kier molecular flexibility index (Phi) is 6.71. The minimum Gasteiger partial charge on any atom is -0.369 e. The van der Waals surface area contributed by atoms with E-state index in [0.717, 1.165) is 5.69 Å². The van der Waals surface area contributed by atoms with Crippen LogP contribution >= 0.6 is 0 Å². The van der Waals surface area contributed by atoms with E-state index in [-0.39, 0.29) is 0 Å². The number of aliphatic imine (C=N–C) groups is 1. The third-order valence-corrected chi connectivity index (χ3v) is 1.54. The topological polar surface area (TPSA) is 105 Å². The lowest BCUT2D eigenvalue weighted by molar-refractivity contribution is -1.92. The van der Waals surface area contributed by atoms with Gasteiger partial charge in [0.05, 0.1) is 26.9 Å². The quantitative estimate of drug-likeness (QED) is 0.495. The lowest BCUT2D eigenvalue weighted by Crippen LogP contribution is -2.58. The van der Waals surface area contributed by atoms with E-state index in [0.29, 0.717) is 0 Å². The van der Waals surface area contributed by atoms with Crippen molar-refractivity contribution in [2.45, 2.75) is 6.92 Å². The molecule has 1 aromatic rings. The van der Waals surface area contributed by atoms with Gasteiger partial charge in [-0.2, -0.15) is 14.0 Å². The molecule has 0 aliphatic carbocycles. The third kappa shape index (κ3) is 11.1. The summed E-state index contributed by atoms with van der Waals surface area (Å²) in [6.07, 6.45) is 1.81. The van der Waals surface area contributed by atoms with Crippen LogP contribution in [-0.4, -0.2) is 30.0 Å². The van der Waals surface area contributed by atoms with Gasteiger partial charge >= 0.3 is 0 Å². The summed E-state index contributed by atoms with van der Waals surface area (Å²) >= 11 is 0. The third-order valence-electron chi connectivity index (χ3n) is 1.54. The van der Waals surface area contributed by atoms with Crippen LogP contribution in [0.1, 0.15) is 5.56 Å². The van der Waals surface area contributed by atoms with Gasteiger partial charge in [-0.1, -0.05) is 18.2 Å². The van der Waals surface area contributed by atoms with E-state index < -0.39 is 10.2 Å². The van der Waals surface area contributed by atoms with Crippen LogP contribution in [0.4, 0.5) is 5.69 Å². The van der Waals surface area contributed by atoms with Gasteiger partial charge in [0.2, 0.25) is 0 Å². The predicted octanol–water partition coefficient (Wildman–Crippen LogP) is -1.91. The van der Waals surface area contributed by atoms with Gasteiger partial charge in [-0.05, 0) is 18.6 Å². The Balaban J connectivity index is 0.000000437. The highest BCUT2D eigenvalue weighted by Gasteiger charge is 1.98. The SMILES string of the molecule is Cc1ccccc1N=CN(C)C.[O-][Cl+3]([O-])([O-])O. The summed E-state index contributed by atoms with van der Waals surface area (Å²) in [4.78, 5) is 6.23. The molecule has 0 heterocycles. The molecule has 0 aromatic heterocycles. The first-order chi connectivity index (χ1) is 7.70. The molecule has 0 atom stereocenters. The highest BCUT2D eigenvalue weighted by Crippen LogP contribution is 2.15. The second-order valence-electron chi connectivity index (χ2n) is 3.39. The second kappa shape index (κ2) is 7.21. The van der Waals surface area contributed by atoms with Crippen LogP contribution in [0, 0.1) is 17.2 Å². The molecule has 1 N–H and O–H groups in total. The largest absolute Gasteiger partial charge is 0.369 e. The monoisotopic (exact) mass is 262 g/mol. The zero-order chi connectivity index (χ0) is 13.5. The van der Waals surface area contributed by atoms with Crippen LogP contribution in [0.15, 0.2) is 29.3 Å². The first-order valence-electron chi connectivity index (χ1n) is 4.59. The first-order valence-corrected chi connectivity index (χ1v) is 5.86. The minimum atomic E-state index is -4.69. The van der Waals surface area contributed by atoms with Crippen molar-refractivity contribution in [3.63, 3.8) is 0 Å². The standard InChI is InChI=1S/C10H14N2.ClHO4/c1-9-6-4-5-7-10(9)11-8-12(2)3;2-1(3,4)5/h4-8H,1-3H3;(H,2,3,4,5). The fourth-order valence-electron chi connectivity index (χ4n) is 0.886. The number of benzene rings is 1. The van der Waals surface area contributed by atoms with Crippen molar-refractivity contribution >= 4 is 12.0 Å². The minimum absolute atomic E-state index is 1.03. The summed E-state index contributed by atoms with van der Waals surface area (Å²) in [5, 5.41) is 0. The molecule has 0 aliphatic heterocycles. The maximum Gasteiger partial charge on any atom is 0.0907 e. The Bertz CT molecular complexity index is 358. The fourth-order valence-corrected chi connectivity index (χ4v) is 0.886. The van der Waals surface area contributed by atoms with E-state index in [2.05, 4.69) is 18.0 Å². The number of hydrogen-bond donors (Lipinski definition) is 1. The van der Waals surface area contributed by atoms with Crippen LogP contribution in [0.2, 0.25) is 0 Å². The van der Waals surface area contributed by atoms with E-state index in [9.17, 15) is 0 Å². The Hall–Kier alpha value is -1.18. The smallest absolute Gasteiger partial charge is 0.0907 e. The molecule has 0 amide bonds.